The van der Waals surface area contributed by atoms with E-state index in [0.29, 0.717) is 6.42 Å². The van der Waals surface area contributed by atoms with Crippen LogP contribution in [0, 0.1) is 13.8 Å². The van der Waals surface area contributed by atoms with Crippen molar-refractivity contribution in [3.05, 3.63) is 131 Å². The fourth-order valence-electron chi connectivity index (χ4n) is 8.84. The number of nitrogens with zero attached hydrogens (tertiary/aromatic N) is 12. The molecule has 74 heavy (non-hydrogen) atoms. The smallest absolute Gasteiger partial charge is 0.432 e. The molecule has 30 heteroatoms. The van der Waals surface area contributed by atoms with E-state index in [0.717, 1.165) is 38.7 Å². The van der Waals surface area contributed by atoms with Gasteiger partial charge in [0, 0.05) is 65.0 Å². The van der Waals surface area contributed by atoms with Crippen molar-refractivity contribution in [1.82, 2.24) is 43.6 Å². The Kier molecular flexibility index (Phi) is 18.4. The van der Waals surface area contributed by atoms with Gasteiger partial charge in [-0.3, -0.25) is 43.0 Å². The maximum Gasteiger partial charge on any atom is 0.508 e. The summed E-state index contributed by atoms with van der Waals surface area (Å²) in [5, 5.41) is 15.8. The average Bonchev–Trinajstić information content (AvgIpc) is 4.18. The molecule has 3 N–H and O–H groups in total. The molecule has 0 aliphatic carbocycles. The molecule has 0 radical (unpaired) electrons. The molecule has 3 fully saturated rings. The molecule has 3 saturated heterocycles. The molecular formula is C44H57N15O15. The van der Waals surface area contributed by atoms with Crippen molar-refractivity contribution >= 4 is 12.3 Å². The zero-order chi connectivity index (χ0) is 52.9. The summed E-state index contributed by atoms with van der Waals surface area (Å²) >= 11 is 0. The van der Waals surface area contributed by atoms with Crippen molar-refractivity contribution in [2.75, 3.05) is 19.8 Å². The molecule has 0 aromatic carbocycles. The van der Waals surface area contributed by atoms with Gasteiger partial charge in [0.2, 0.25) is 0 Å². The van der Waals surface area contributed by atoms with E-state index in [4.69, 9.17) is 33.2 Å². The number of azide groups is 2. The largest absolute Gasteiger partial charge is 0.508 e. The van der Waals surface area contributed by atoms with E-state index < -0.39 is 121 Å². The lowest BCUT2D eigenvalue weighted by Gasteiger charge is -2.20. The summed E-state index contributed by atoms with van der Waals surface area (Å²) in [5.74, 6) is 0. The highest BCUT2D eigenvalue weighted by Crippen LogP contribution is 2.34. The number of ether oxygens (including phenoxy) is 7. The third kappa shape index (κ3) is 13.8. The third-order valence-electron chi connectivity index (χ3n) is 12.8. The minimum Gasteiger partial charge on any atom is -0.432 e. The number of aromatic amines is 3. The quantitative estimate of drug-likeness (QED) is 0.0315. The zero-order valence-electron chi connectivity index (χ0n) is 40.8. The molecule has 0 unspecified atom stereocenters. The maximum absolute atomic E-state index is 13.4. The SMILES string of the molecule is CCCCCCCCCCc1cn(Cc2cn([C@H]3C[C@H](OC(=O)OC[C@H]4O[C@@H](n5cc(C)c(=O)[nH]c5=O)C[C@@H]4N=[N+]=[N-])[C@@H](COC(=O)OC[C@@H]4O[C@H](n5cc(C)c(=O)[nH]c5=O)C[C@H]4N=[N+]=[N-])O3)c(=O)[nH]c2=O)nn1. The van der Waals surface area contributed by atoms with E-state index in [1.165, 1.54) is 69.2 Å². The Hall–Kier alpha value is -7.78. The minimum atomic E-state index is -1.30. The fourth-order valence-corrected chi connectivity index (χ4v) is 8.84. The van der Waals surface area contributed by atoms with Crippen LogP contribution < -0.4 is 33.7 Å². The van der Waals surface area contributed by atoms with Crippen LogP contribution in [0.2, 0.25) is 0 Å². The second-order valence-corrected chi connectivity index (χ2v) is 18.1. The number of hydrogen-bond donors (Lipinski definition) is 3. The number of aromatic nitrogens is 9. The highest BCUT2D eigenvalue weighted by Gasteiger charge is 2.43. The lowest BCUT2D eigenvalue weighted by molar-refractivity contribution is -0.0800. The molecule has 0 saturated carbocycles. The van der Waals surface area contributed by atoms with Gasteiger partial charge in [-0.2, -0.15) is 0 Å². The molecule has 3 aliphatic rings. The predicted molar refractivity (Wildman–Crippen MR) is 254 cm³/mol. The van der Waals surface area contributed by atoms with Crippen LogP contribution in [0.3, 0.4) is 0 Å². The number of nitrogens with one attached hydrogen (secondary N) is 3. The van der Waals surface area contributed by atoms with Crippen LogP contribution >= 0.6 is 0 Å². The van der Waals surface area contributed by atoms with Gasteiger partial charge in [-0.25, -0.2) is 28.7 Å². The first-order valence-electron chi connectivity index (χ1n) is 24.2. The number of carbonyl (C=O) groups excluding carboxylic acids is 2. The lowest BCUT2D eigenvalue weighted by Crippen LogP contribution is -2.35. The Balaban J connectivity index is 1.01. The molecule has 7 heterocycles. The van der Waals surface area contributed by atoms with Crippen molar-refractivity contribution < 1.29 is 42.7 Å². The van der Waals surface area contributed by atoms with E-state index in [-0.39, 0.29) is 42.5 Å². The second kappa shape index (κ2) is 25.2. The lowest BCUT2D eigenvalue weighted by atomic mass is 10.1. The van der Waals surface area contributed by atoms with Crippen LogP contribution in [0.15, 0.2) is 63.8 Å². The standard InChI is InChI=1S/C44H57N15O15/c1-4-5-6-7-8-9-10-11-12-27-20-56(55-50-27)18-26-19-59(42(65)49-39(26)62)36-15-30(74-44(67)70-22-32-29(52-54-46)14-35(72-32)58-17-25(3)38(61)48-41(58)64)33(73-36)23-69-43(66)68-21-31-28(51-53-45)13-34(71-31)57-16-24(2)37(60)47-40(57)63/h16-17,19-20,28-36H,4-15,18,21-23H2,1-3H3,(H,47,60,63)(H,48,61,64)(H,49,62,65)/t28-,29+,30+,31+,32-,33-,34+,35-,36-/m1/s1. The molecule has 7 rings (SSSR count). The van der Waals surface area contributed by atoms with Crippen molar-refractivity contribution in [2.24, 2.45) is 10.2 Å². The number of carbonyl (C=O) groups is 2. The zero-order valence-corrected chi connectivity index (χ0v) is 40.8. The Morgan fingerprint density at radius 1 is 0.649 bits per heavy atom. The molecule has 0 bridgehead atoms. The Morgan fingerprint density at radius 2 is 1.12 bits per heavy atom. The number of hydrogen-bond acceptors (Lipinski definition) is 19. The van der Waals surface area contributed by atoms with Crippen LogP contribution in [0.1, 0.15) is 119 Å². The van der Waals surface area contributed by atoms with Gasteiger partial charge < -0.3 is 33.2 Å². The Morgan fingerprint density at radius 3 is 1.68 bits per heavy atom. The van der Waals surface area contributed by atoms with Crippen molar-refractivity contribution in [1.29, 1.82) is 0 Å². The number of H-pyrrole nitrogens is 3. The molecule has 0 spiro atoms. The number of aryl methyl sites for hydroxylation is 3. The Labute approximate surface area is 418 Å². The summed E-state index contributed by atoms with van der Waals surface area (Å²) in [6.45, 7) is 3.39. The van der Waals surface area contributed by atoms with Crippen molar-refractivity contribution in [2.45, 2.75) is 160 Å². The van der Waals surface area contributed by atoms with E-state index in [2.05, 4.69) is 52.2 Å². The topological polar surface area (TPSA) is 392 Å². The van der Waals surface area contributed by atoms with Gasteiger partial charge >= 0.3 is 29.4 Å². The van der Waals surface area contributed by atoms with Gasteiger partial charge in [0.05, 0.1) is 29.9 Å². The molecule has 30 nitrogen and oxygen atoms in total. The number of rotatable bonds is 23. The summed E-state index contributed by atoms with van der Waals surface area (Å²) in [4.78, 5) is 114. The summed E-state index contributed by atoms with van der Waals surface area (Å²) in [5.41, 5.74) is 15.4. The van der Waals surface area contributed by atoms with Gasteiger partial charge in [0.15, 0.2) is 0 Å². The second-order valence-electron chi connectivity index (χ2n) is 18.1. The highest BCUT2D eigenvalue weighted by molar-refractivity contribution is 5.61. The number of unbranched alkanes of at least 4 members (excludes halogenated alkanes) is 7. The predicted octanol–water partition coefficient (Wildman–Crippen LogP) is 3.47. The van der Waals surface area contributed by atoms with Crippen LogP contribution in [-0.2, 0) is 46.1 Å². The average molecular weight is 1040 g/mol. The van der Waals surface area contributed by atoms with Gasteiger partial charge in [0.25, 0.3) is 16.7 Å². The van der Waals surface area contributed by atoms with E-state index in [1.54, 1.807) is 6.20 Å². The van der Waals surface area contributed by atoms with Crippen LogP contribution in [-0.4, -0.2) is 112 Å². The summed E-state index contributed by atoms with van der Waals surface area (Å²) in [6, 6.07) is -1.84. The molecule has 4 aromatic heterocycles. The van der Waals surface area contributed by atoms with Gasteiger partial charge in [0.1, 0.15) is 62.9 Å². The monoisotopic (exact) mass is 1040 g/mol. The summed E-state index contributed by atoms with van der Waals surface area (Å²) < 4.78 is 44.4. The highest BCUT2D eigenvalue weighted by atomic mass is 16.8. The normalized spacial score (nSPS) is 23.2. The van der Waals surface area contributed by atoms with Gasteiger partial charge in [-0.05, 0) is 37.8 Å². The molecule has 398 valence electrons. The Bertz CT molecular complexity index is 3090. The molecule has 0 amide bonds. The first-order valence-corrected chi connectivity index (χ1v) is 24.2. The molecular weight excluding hydrogens is 979 g/mol. The molecule has 9 atom stereocenters. The molecule has 3 aliphatic heterocycles. The maximum atomic E-state index is 13.4. The van der Waals surface area contributed by atoms with E-state index >= 15 is 0 Å². The first kappa shape index (κ1) is 54.0. The van der Waals surface area contributed by atoms with E-state index in [9.17, 15) is 49.4 Å². The van der Waals surface area contributed by atoms with Crippen LogP contribution in [0.25, 0.3) is 20.9 Å². The fraction of sp³-hybridized carbons (Fsp3) is 0.636. The van der Waals surface area contributed by atoms with Crippen molar-refractivity contribution in [3.8, 4) is 0 Å². The van der Waals surface area contributed by atoms with Gasteiger partial charge in [-0.1, -0.05) is 67.3 Å². The van der Waals surface area contributed by atoms with Crippen LogP contribution in [0.5, 0.6) is 0 Å². The third-order valence-corrected chi connectivity index (χ3v) is 12.8. The van der Waals surface area contributed by atoms with Crippen LogP contribution in [0.4, 0.5) is 9.59 Å². The molecule has 4 aromatic rings. The minimum absolute atomic E-state index is 0.00947. The summed E-state index contributed by atoms with van der Waals surface area (Å²) in [7, 11) is 0. The van der Waals surface area contributed by atoms with E-state index in [1.807, 2.05) is 0 Å². The van der Waals surface area contributed by atoms with Crippen molar-refractivity contribution in [3.63, 3.8) is 0 Å². The first-order chi connectivity index (χ1) is 35.6. The van der Waals surface area contributed by atoms with Gasteiger partial charge in [-0.15, -0.1) is 5.10 Å². The summed E-state index contributed by atoms with van der Waals surface area (Å²) in [6.07, 6.45) is 4.67.